The van der Waals surface area contributed by atoms with Crippen LogP contribution in [-0.4, -0.2) is 42.6 Å². The van der Waals surface area contributed by atoms with E-state index in [1.807, 2.05) is 25.1 Å². The van der Waals surface area contributed by atoms with Crippen molar-refractivity contribution in [3.05, 3.63) is 30.3 Å². The second-order valence-electron chi connectivity index (χ2n) is 4.64. The molecule has 0 aromatic heterocycles. The van der Waals surface area contributed by atoms with Crippen LogP contribution in [0.4, 0.5) is 0 Å². The number of para-hydroxylation sites is 1. The zero-order chi connectivity index (χ0) is 15.7. The fourth-order valence-electron chi connectivity index (χ4n) is 1.91. The van der Waals surface area contributed by atoms with E-state index in [1.165, 1.54) is 4.90 Å². The van der Waals surface area contributed by atoms with Crippen LogP contribution in [0.1, 0.15) is 27.2 Å². The minimum absolute atomic E-state index is 0.0387. The van der Waals surface area contributed by atoms with E-state index in [1.54, 1.807) is 26.0 Å². The van der Waals surface area contributed by atoms with E-state index < -0.39 is 12.1 Å². The number of carbonyl (C=O) groups is 2. The quantitative estimate of drug-likeness (QED) is 0.690. The maximum Gasteiger partial charge on any atom is 0.325 e. The molecule has 5 heteroatoms. The summed E-state index contributed by atoms with van der Waals surface area (Å²) in [5, 5.41) is 0. The predicted octanol–water partition coefficient (Wildman–Crippen LogP) is 2.26. The summed E-state index contributed by atoms with van der Waals surface area (Å²) in [6.07, 6.45) is 0.122. The van der Waals surface area contributed by atoms with E-state index in [-0.39, 0.29) is 12.5 Å². The van der Waals surface area contributed by atoms with E-state index in [0.29, 0.717) is 18.9 Å². The van der Waals surface area contributed by atoms with Gasteiger partial charge in [0.05, 0.1) is 6.61 Å². The van der Waals surface area contributed by atoms with Gasteiger partial charge in [-0.3, -0.25) is 9.59 Å². The molecule has 0 N–H and O–H groups in total. The molecule has 0 saturated heterocycles. The normalized spacial score (nSPS) is 11.6. The predicted molar refractivity (Wildman–Crippen MR) is 80.0 cm³/mol. The summed E-state index contributed by atoms with van der Waals surface area (Å²) in [6, 6.07) is 9.14. The van der Waals surface area contributed by atoms with Crippen LogP contribution in [0.3, 0.4) is 0 Å². The summed E-state index contributed by atoms with van der Waals surface area (Å²) in [7, 11) is 0. The van der Waals surface area contributed by atoms with Gasteiger partial charge in [-0.2, -0.15) is 0 Å². The van der Waals surface area contributed by atoms with Gasteiger partial charge in [-0.25, -0.2) is 0 Å². The van der Waals surface area contributed by atoms with Gasteiger partial charge in [-0.05, 0) is 32.4 Å². The lowest BCUT2D eigenvalue weighted by atomic mass is 10.3. The van der Waals surface area contributed by atoms with Gasteiger partial charge >= 0.3 is 5.97 Å². The van der Waals surface area contributed by atoms with Crippen molar-refractivity contribution >= 4 is 11.9 Å². The third kappa shape index (κ3) is 5.85. The molecule has 0 bridgehead atoms. The first-order valence-electron chi connectivity index (χ1n) is 7.24. The highest BCUT2D eigenvalue weighted by atomic mass is 16.5. The second-order valence-corrected chi connectivity index (χ2v) is 4.64. The molecule has 0 spiro atoms. The topological polar surface area (TPSA) is 55.8 Å². The maximum absolute atomic E-state index is 12.4. The standard InChI is InChI=1S/C16H23NO4/c1-4-11-17(12-15(18)20-5-2)16(19)13(3)21-14-9-7-6-8-10-14/h6-10,13H,4-5,11-12H2,1-3H3. The summed E-state index contributed by atoms with van der Waals surface area (Å²) >= 11 is 0. The Hall–Kier alpha value is -2.04. The molecule has 1 unspecified atom stereocenters. The molecule has 5 nitrogen and oxygen atoms in total. The Labute approximate surface area is 125 Å². The lowest BCUT2D eigenvalue weighted by Crippen LogP contribution is -2.43. The number of ether oxygens (including phenoxy) is 2. The average molecular weight is 293 g/mol. The Morgan fingerprint density at radius 1 is 1.19 bits per heavy atom. The van der Waals surface area contributed by atoms with Gasteiger partial charge in [-0.15, -0.1) is 0 Å². The van der Waals surface area contributed by atoms with Crippen molar-refractivity contribution in [1.82, 2.24) is 4.90 Å². The number of benzene rings is 1. The largest absolute Gasteiger partial charge is 0.481 e. The monoisotopic (exact) mass is 293 g/mol. The van der Waals surface area contributed by atoms with Crippen molar-refractivity contribution in [3.63, 3.8) is 0 Å². The second kappa shape index (κ2) is 9.00. The first kappa shape index (κ1) is 17.0. The van der Waals surface area contributed by atoms with Crippen molar-refractivity contribution < 1.29 is 19.1 Å². The van der Waals surface area contributed by atoms with Gasteiger partial charge in [-0.1, -0.05) is 25.1 Å². The Morgan fingerprint density at radius 2 is 1.86 bits per heavy atom. The number of carbonyl (C=O) groups excluding carboxylic acids is 2. The fourth-order valence-corrected chi connectivity index (χ4v) is 1.91. The minimum Gasteiger partial charge on any atom is -0.481 e. The summed E-state index contributed by atoms with van der Waals surface area (Å²) < 4.78 is 10.5. The van der Waals surface area contributed by atoms with Gasteiger partial charge in [0.2, 0.25) is 0 Å². The molecular formula is C16H23NO4. The van der Waals surface area contributed by atoms with Crippen molar-refractivity contribution in [2.75, 3.05) is 19.7 Å². The van der Waals surface area contributed by atoms with Gasteiger partial charge in [0.1, 0.15) is 12.3 Å². The van der Waals surface area contributed by atoms with Crippen molar-refractivity contribution in [1.29, 1.82) is 0 Å². The molecule has 1 atom stereocenters. The molecule has 1 aromatic rings. The lowest BCUT2D eigenvalue weighted by Gasteiger charge is -2.24. The number of nitrogens with zero attached hydrogens (tertiary/aromatic N) is 1. The minimum atomic E-state index is -0.645. The molecule has 1 amide bonds. The van der Waals surface area contributed by atoms with Gasteiger partial charge in [0, 0.05) is 6.54 Å². The SMILES string of the molecule is CCCN(CC(=O)OCC)C(=O)C(C)Oc1ccccc1. The molecule has 0 aliphatic rings. The van der Waals surface area contributed by atoms with Gasteiger partial charge in [0.25, 0.3) is 5.91 Å². The summed E-state index contributed by atoms with van der Waals surface area (Å²) in [5.41, 5.74) is 0. The molecule has 1 aromatic carbocycles. The van der Waals surface area contributed by atoms with Crippen LogP contribution in [0.5, 0.6) is 5.75 Å². The van der Waals surface area contributed by atoms with E-state index >= 15 is 0 Å². The Morgan fingerprint density at radius 3 is 2.43 bits per heavy atom. The zero-order valence-corrected chi connectivity index (χ0v) is 12.9. The highest BCUT2D eigenvalue weighted by molar-refractivity contribution is 5.85. The van der Waals surface area contributed by atoms with Crippen molar-refractivity contribution in [2.45, 2.75) is 33.3 Å². The Bertz CT molecular complexity index is 447. The average Bonchev–Trinajstić information content (AvgIpc) is 2.47. The zero-order valence-electron chi connectivity index (χ0n) is 12.9. The van der Waals surface area contributed by atoms with Crippen LogP contribution in [0.2, 0.25) is 0 Å². The molecule has 0 fully saturated rings. The highest BCUT2D eigenvalue weighted by Gasteiger charge is 2.23. The van der Waals surface area contributed by atoms with E-state index in [0.717, 1.165) is 6.42 Å². The number of hydrogen-bond acceptors (Lipinski definition) is 4. The maximum atomic E-state index is 12.4. The van der Waals surface area contributed by atoms with E-state index in [9.17, 15) is 9.59 Å². The first-order chi connectivity index (χ1) is 10.1. The molecule has 0 heterocycles. The third-order valence-corrected chi connectivity index (χ3v) is 2.83. The molecule has 0 saturated carbocycles. The summed E-state index contributed by atoms with van der Waals surface area (Å²) in [6.45, 7) is 6.15. The van der Waals surface area contributed by atoms with Crippen LogP contribution in [0.25, 0.3) is 0 Å². The lowest BCUT2D eigenvalue weighted by molar-refractivity contribution is -0.151. The Kier molecular flexibility index (Phi) is 7.29. The summed E-state index contributed by atoms with van der Waals surface area (Å²) in [4.78, 5) is 25.4. The molecule has 116 valence electrons. The van der Waals surface area contributed by atoms with Crippen molar-refractivity contribution in [2.24, 2.45) is 0 Å². The number of esters is 1. The molecule has 0 aliphatic carbocycles. The molecular weight excluding hydrogens is 270 g/mol. The van der Waals surface area contributed by atoms with Crippen LogP contribution < -0.4 is 4.74 Å². The third-order valence-electron chi connectivity index (χ3n) is 2.83. The van der Waals surface area contributed by atoms with Gasteiger partial charge in [0.15, 0.2) is 6.10 Å². The van der Waals surface area contributed by atoms with E-state index in [4.69, 9.17) is 9.47 Å². The number of hydrogen-bond donors (Lipinski definition) is 0. The van der Waals surface area contributed by atoms with Crippen LogP contribution in [-0.2, 0) is 14.3 Å². The highest BCUT2D eigenvalue weighted by Crippen LogP contribution is 2.12. The van der Waals surface area contributed by atoms with Crippen molar-refractivity contribution in [3.8, 4) is 5.75 Å². The summed E-state index contributed by atoms with van der Waals surface area (Å²) in [5.74, 6) is 0.0194. The molecule has 21 heavy (non-hydrogen) atoms. The number of amides is 1. The fraction of sp³-hybridized carbons (Fsp3) is 0.500. The van der Waals surface area contributed by atoms with Crippen LogP contribution >= 0.6 is 0 Å². The number of rotatable bonds is 8. The van der Waals surface area contributed by atoms with Crippen LogP contribution in [0, 0.1) is 0 Å². The van der Waals surface area contributed by atoms with Crippen LogP contribution in [0.15, 0.2) is 30.3 Å². The molecule has 1 rings (SSSR count). The molecule has 0 aliphatic heterocycles. The van der Waals surface area contributed by atoms with Gasteiger partial charge < -0.3 is 14.4 Å². The smallest absolute Gasteiger partial charge is 0.325 e. The first-order valence-corrected chi connectivity index (χ1v) is 7.24. The Balaban J connectivity index is 2.64. The molecule has 0 radical (unpaired) electrons. The van der Waals surface area contributed by atoms with E-state index in [2.05, 4.69) is 0 Å².